The van der Waals surface area contributed by atoms with Crippen molar-refractivity contribution < 1.29 is 9.18 Å². The van der Waals surface area contributed by atoms with Crippen molar-refractivity contribution >= 4 is 5.91 Å². The predicted molar refractivity (Wildman–Crippen MR) is 65.8 cm³/mol. The fraction of sp³-hybridized carbons (Fsp3) is 0.231. The molecule has 0 saturated heterocycles. The average Bonchev–Trinajstić information content (AvgIpc) is 2.85. The largest absolute Gasteiger partial charge is 0.352 e. The molecule has 0 atom stereocenters. The second kappa shape index (κ2) is 5.44. The van der Waals surface area contributed by atoms with Crippen LogP contribution in [0.2, 0.25) is 0 Å². The first-order valence-corrected chi connectivity index (χ1v) is 5.69. The minimum atomic E-state index is -0.304. The summed E-state index contributed by atoms with van der Waals surface area (Å²) in [5.74, 6) is 0.317. The van der Waals surface area contributed by atoms with Gasteiger partial charge in [0.15, 0.2) is 0 Å². The SMILES string of the molecule is Cc1cc(C(=O)NCCc2ncc[nH]2)ccc1F. The Bertz CT molecular complexity index is 537. The molecule has 0 unspecified atom stereocenters. The molecule has 0 fully saturated rings. The number of aromatic nitrogens is 2. The monoisotopic (exact) mass is 247 g/mol. The second-order valence-corrected chi connectivity index (χ2v) is 4.01. The number of carbonyl (C=O) groups excluding carboxylic acids is 1. The number of nitrogens with one attached hydrogen (secondary N) is 2. The Labute approximate surface area is 104 Å². The Balaban J connectivity index is 1.89. The van der Waals surface area contributed by atoms with Crippen molar-refractivity contribution in [3.63, 3.8) is 0 Å². The van der Waals surface area contributed by atoms with E-state index >= 15 is 0 Å². The minimum absolute atomic E-state index is 0.204. The highest BCUT2D eigenvalue weighted by Gasteiger charge is 2.07. The summed E-state index contributed by atoms with van der Waals surface area (Å²) < 4.78 is 13.1. The zero-order valence-corrected chi connectivity index (χ0v) is 10.0. The summed E-state index contributed by atoms with van der Waals surface area (Å²) in [4.78, 5) is 18.8. The van der Waals surface area contributed by atoms with Gasteiger partial charge in [-0.25, -0.2) is 9.37 Å². The van der Waals surface area contributed by atoms with Crippen molar-refractivity contribution in [1.82, 2.24) is 15.3 Å². The van der Waals surface area contributed by atoms with E-state index in [1.165, 1.54) is 18.2 Å². The summed E-state index contributed by atoms with van der Waals surface area (Å²) in [7, 11) is 0. The van der Waals surface area contributed by atoms with Gasteiger partial charge in [-0.15, -0.1) is 0 Å². The summed E-state index contributed by atoms with van der Waals surface area (Å²) >= 11 is 0. The maximum absolute atomic E-state index is 13.1. The van der Waals surface area contributed by atoms with Crippen LogP contribution in [0.25, 0.3) is 0 Å². The number of aromatic amines is 1. The smallest absolute Gasteiger partial charge is 0.251 e. The summed E-state index contributed by atoms with van der Waals surface area (Å²) in [6, 6.07) is 4.32. The third kappa shape index (κ3) is 2.94. The molecular weight excluding hydrogens is 233 g/mol. The number of benzene rings is 1. The van der Waals surface area contributed by atoms with E-state index < -0.39 is 0 Å². The molecule has 2 N–H and O–H groups in total. The third-order valence-corrected chi connectivity index (χ3v) is 2.62. The summed E-state index contributed by atoms with van der Waals surface area (Å²) in [5.41, 5.74) is 0.932. The van der Waals surface area contributed by atoms with Crippen LogP contribution >= 0.6 is 0 Å². The maximum Gasteiger partial charge on any atom is 0.251 e. The van der Waals surface area contributed by atoms with Gasteiger partial charge in [-0.05, 0) is 30.7 Å². The average molecular weight is 247 g/mol. The molecule has 0 aliphatic heterocycles. The van der Waals surface area contributed by atoms with Crippen LogP contribution in [-0.4, -0.2) is 22.4 Å². The number of H-pyrrole nitrogens is 1. The molecule has 1 aromatic heterocycles. The normalized spacial score (nSPS) is 10.3. The topological polar surface area (TPSA) is 57.8 Å². The van der Waals surface area contributed by atoms with Crippen molar-refractivity contribution in [2.45, 2.75) is 13.3 Å². The van der Waals surface area contributed by atoms with E-state index in [2.05, 4.69) is 15.3 Å². The number of carbonyl (C=O) groups is 1. The summed E-state index contributed by atoms with van der Waals surface area (Å²) in [6.07, 6.45) is 4.04. The molecule has 2 rings (SSSR count). The van der Waals surface area contributed by atoms with Crippen LogP contribution in [0.1, 0.15) is 21.7 Å². The van der Waals surface area contributed by atoms with Crippen LogP contribution in [0.3, 0.4) is 0 Å². The fourth-order valence-electron chi connectivity index (χ4n) is 1.62. The lowest BCUT2D eigenvalue weighted by molar-refractivity contribution is 0.0954. The molecule has 2 aromatic rings. The molecule has 0 aliphatic carbocycles. The van der Waals surface area contributed by atoms with Crippen LogP contribution in [0.15, 0.2) is 30.6 Å². The Morgan fingerprint density at radius 1 is 1.50 bits per heavy atom. The van der Waals surface area contributed by atoms with Gasteiger partial charge in [-0.1, -0.05) is 0 Å². The quantitative estimate of drug-likeness (QED) is 0.866. The van der Waals surface area contributed by atoms with Crippen molar-refractivity contribution in [2.24, 2.45) is 0 Å². The minimum Gasteiger partial charge on any atom is -0.352 e. The van der Waals surface area contributed by atoms with Gasteiger partial charge in [-0.2, -0.15) is 0 Å². The second-order valence-electron chi connectivity index (χ2n) is 4.01. The molecule has 1 amide bonds. The van der Waals surface area contributed by atoms with Crippen molar-refractivity contribution in [3.05, 3.63) is 53.4 Å². The number of aryl methyl sites for hydroxylation is 1. The Hall–Kier alpha value is -2.17. The van der Waals surface area contributed by atoms with Gasteiger partial charge in [0.1, 0.15) is 11.6 Å². The van der Waals surface area contributed by atoms with Gasteiger partial charge in [-0.3, -0.25) is 4.79 Å². The number of hydrogen-bond acceptors (Lipinski definition) is 2. The predicted octanol–water partition coefficient (Wildman–Crippen LogP) is 1.83. The molecule has 0 aliphatic rings. The number of imidazole rings is 1. The Morgan fingerprint density at radius 2 is 2.33 bits per heavy atom. The van der Waals surface area contributed by atoms with Crippen LogP contribution in [-0.2, 0) is 6.42 Å². The van der Waals surface area contributed by atoms with Crippen LogP contribution in [0.4, 0.5) is 4.39 Å². The highest BCUT2D eigenvalue weighted by atomic mass is 19.1. The van der Waals surface area contributed by atoms with E-state index in [1.54, 1.807) is 19.3 Å². The summed E-state index contributed by atoms with van der Waals surface area (Å²) in [5, 5.41) is 2.76. The molecule has 94 valence electrons. The molecule has 5 heteroatoms. The maximum atomic E-state index is 13.1. The number of nitrogens with zero attached hydrogens (tertiary/aromatic N) is 1. The van der Waals surface area contributed by atoms with Crippen LogP contribution < -0.4 is 5.32 Å². The van der Waals surface area contributed by atoms with Crippen molar-refractivity contribution in [2.75, 3.05) is 6.54 Å². The molecule has 4 nitrogen and oxygen atoms in total. The van der Waals surface area contributed by atoms with Crippen LogP contribution in [0.5, 0.6) is 0 Å². The zero-order valence-electron chi connectivity index (χ0n) is 10.0. The van der Waals surface area contributed by atoms with E-state index in [0.29, 0.717) is 24.1 Å². The first-order chi connectivity index (χ1) is 8.66. The number of amides is 1. The molecule has 0 saturated carbocycles. The lowest BCUT2D eigenvalue weighted by Crippen LogP contribution is -2.26. The highest BCUT2D eigenvalue weighted by Crippen LogP contribution is 2.08. The first kappa shape index (κ1) is 12.3. The van der Waals surface area contributed by atoms with E-state index in [0.717, 1.165) is 5.82 Å². The van der Waals surface area contributed by atoms with E-state index in [4.69, 9.17) is 0 Å². The van der Waals surface area contributed by atoms with E-state index in [-0.39, 0.29) is 11.7 Å². The van der Waals surface area contributed by atoms with Gasteiger partial charge in [0.05, 0.1) is 0 Å². The standard InChI is InChI=1S/C13H14FN3O/c1-9-8-10(2-3-11(9)14)13(18)17-5-4-12-15-6-7-16-12/h2-3,6-8H,4-5H2,1H3,(H,15,16)(H,17,18). The van der Waals surface area contributed by atoms with Crippen LogP contribution in [0, 0.1) is 12.7 Å². The summed E-state index contributed by atoms with van der Waals surface area (Å²) in [6.45, 7) is 2.12. The van der Waals surface area contributed by atoms with Gasteiger partial charge >= 0.3 is 0 Å². The van der Waals surface area contributed by atoms with E-state index in [9.17, 15) is 9.18 Å². The molecule has 18 heavy (non-hydrogen) atoms. The van der Waals surface area contributed by atoms with Gasteiger partial charge < -0.3 is 10.3 Å². The van der Waals surface area contributed by atoms with Gasteiger partial charge in [0.25, 0.3) is 5.91 Å². The lowest BCUT2D eigenvalue weighted by atomic mass is 10.1. The van der Waals surface area contributed by atoms with Gasteiger partial charge in [0.2, 0.25) is 0 Å². The zero-order chi connectivity index (χ0) is 13.0. The van der Waals surface area contributed by atoms with Crippen molar-refractivity contribution in [3.8, 4) is 0 Å². The van der Waals surface area contributed by atoms with Crippen molar-refractivity contribution in [1.29, 1.82) is 0 Å². The molecular formula is C13H14FN3O. The Morgan fingerprint density at radius 3 is 3.00 bits per heavy atom. The Kier molecular flexibility index (Phi) is 3.72. The fourth-order valence-corrected chi connectivity index (χ4v) is 1.62. The third-order valence-electron chi connectivity index (χ3n) is 2.62. The molecule has 1 heterocycles. The lowest BCUT2D eigenvalue weighted by Gasteiger charge is -2.05. The van der Waals surface area contributed by atoms with Gasteiger partial charge in [0, 0.05) is 30.9 Å². The number of hydrogen-bond donors (Lipinski definition) is 2. The molecule has 0 bridgehead atoms. The molecule has 1 aromatic carbocycles. The molecule has 0 spiro atoms. The molecule has 0 radical (unpaired) electrons. The number of halogens is 1. The number of rotatable bonds is 4. The highest BCUT2D eigenvalue weighted by molar-refractivity contribution is 5.94. The first-order valence-electron chi connectivity index (χ1n) is 5.69. The van der Waals surface area contributed by atoms with E-state index in [1.807, 2.05) is 0 Å².